The highest BCUT2D eigenvalue weighted by molar-refractivity contribution is 6.30. The molecule has 3 nitrogen and oxygen atoms in total. The van der Waals surface area contributed by atoms with E-state index < -0.39 is 0 Å². The number of fused-ring (bicyclic) bond motifs is 1. The lowest BCUT2D eigenvalue weighted by Crippen LogP contribution is -1.81. The summed E-state index contributed by atoms with van der Waals surface area (Å²) in [6.07, 6.45) is 5.69. The number of aryl methyl sites for hydroxylation is 2. The van der Waals surface area contributed by atoms with Gasteiger partial charge in [-0.25, -0.2) is 4.98 Å². The zero-order chi connectivity index (χ0) is 19.5. The normalized spacial score (nSPS) is 11.8. The summed E-state index contributed by atoms with van der Waals surface area (Å²) < 4.78 is 5.91. The van der Waals surface area contributed by atoms with Crippen LogP contribution in [0.2, 0.25) is 5.02 Å². The average molecular weight is 387 g/mol. The van der Waals surface area contributed by atoms with Gasteiger partial charge < -0.3 is 4.42 Å². The van der Waals surface area contributed by atoms with Gasteiger partial charge >= 0.3 is 0 Å². The second-order valence-corrected chi connectivity index (χ2v) is 7.12. The molecule has 1 aromatic heterocycles. The minimum atomic E-state index is 0.605. The molecule has 0 N–H and O–H groups in total. The molecule has 0 fully saturated rings. The number of allylic oxidation sites excluding steroid dienone is 1. The lowest BCUT2D eigenvalue weighted by atomic mass is 10.1. The van der Waals surface area contributed by atoms with Crippen molar-refractivity contribution in [2.24, 2.45) is 4.99 Å². The molecule has 1 heterocycles. The molecule has 0 amide bonds. The van der Waals surface area contributed by atoms with Crippen molar-refractivity contribution in [3.8, 4) is 11.5 Å². The Kier molecular flexibility index (Phi) is 5.09. The topological polar surface area (TPSA) is 38.4 Å². The van der Waals surface area contributed by atoms with Gasteiger partial charge in [-0.2, -0.15) is 0 Å². The van der Waals surface area contributed by atoms with Crippen LogP contribution in [0.15, 0.2) is 76.1 Å². The largest absolute Gasteiger partial charge is 0.436 e. The number of benzene rings is 3. The third-order valence-corrected chi connectivity index (χ3v) is 4.71. The van der Waals surface area contributed by atoms with Gasteiger partial charge in [0.05, 0.1) is 5.69 Å². The lowest BCUT2D eigenvalue weighted by Gasteiger charge is -2.02. The number of aromatic nitrogens is 1. The highest BCUT2D eigenvalue weighted by atomic mass is 35.5. The molecule has 3 aromatic carbocycles. The van der Waals surface area contributed by atoms with Crippen LogP contribution >= 0.6 is 11.6 Å². The Morgan fingerprint density at radius 1 is 0.964 bits per heavy atom. The van der Waals surface area contributed by atoms with Crippen LogP contribution in [0.4, 0.5) is 5.69 Å². The number of halogens is 1. The molecule has 0 aliphatic carbocycles. The van der Waals surface area contributed by atoms with Gasteiger partial charge in [-0.3, -0.25) is 4.99 Å². The fourth-order valence-corrected chi connectivity index (χ4v) is 3.02. The summed E-state index contributed by atoms with van der Waals surface area (Å²) >= 11 is 5.91. The van der Waals surface area contributed by atoms with Gasteiger partial charge in [-0.15, -0.1) is 0 Å². The standard InChI is InChI=1S/C24H19ClN2O/c1-16-5-12-23-22(14-16)27-24(28-23)19-9-6-17(2)21(15-19)26-13-3-4-18-7-10-20(25)11-8-18/h3-15H,1-2H3. The molecule has 0 aliphatic heterocycles. The van der Waals surface area contributed by atoms with Gasteiger partial charge in [0, 0.05) is 16.8 Å². The third-order valence-electron chi connectivity index (χ3n) is 4.46. The first-order valence-electron chi connectivity index (χ1n) is 9.03. The molecule has 0 bridgehead atoms. The molecule has 4 aromatic rings. The maximum absolute atomic E-state index is 5.91. The predicted molar refractivity (Wildman–Crippen MR) is 118 cm³/mol. The lowest BCUT2D eigenvalue weighted by molar-refractivity contribution is 0.620. The molecule has 0 unspecified atom stereocenters. The molecule has 0 spiro atoms. The van der Waals surface area contributed by atoms with Crippen LogP contribution < -0.4 is 0 Å². The van der Waals surface area contributed by atoms with E-state index in [1.54, 1.807) is 6.21 Å². The van der Waals surface area contributed by atoms with Crippen molar-refractivity contribution in [3.05, 3.63) is 88.5 Å². The first kappa shape index (κ1) is 18.2. The van der Waals surface area contributed by atoms with E-state index in [1.807, 2.05) is 86.7 Å². The maximum Gasteiger partial charge on any atom is 0.227 e. The quantitative estimate of drug-likeness (QED) is 0.348. The van der Waals surface area contributed by atoms with Gasteiger partial charge in [0.1, 0.15) is 5.52 Å². The van der Waals surface area contributed by atoms with E-state index >= 15 is 0 Å². The highest BCUT2D eigenvalue weighted by Crippen LogP contribution is 2.29. The SMILES string of the molecule is Cc1ccc2oc(-c3ccc(C)c(N=CC=Cc4ccc(Cl)cc4)c3)nc2c1. The monoisotopic (exact) mass is 386 g/mol. The molecule has 0 saturated heterocycles. The van der Waals surface area contributed by atoms with Crippen LogP contribution in [0.3, 0.4) is 0 Å². The van der Waals surface area contributed by atoms with Crippen LogP contribution in [0.5, 0.6) is 0 Å². The van der Waals surface area contributed by atoms with Crippen molar-refractivity contribution in [1.82, 2.24) is 4.98 Å². The number of rotatable bonds is 4. The van der Waals surface area contributed by atoms with Crippen molar-refractivity contribution in [3.63, 3.8) is 0 Å². The van der Waals surface area contributed by atoms with Crippen LogP contribution in [-0.2, 0) is 0 Å². The molecular weight excluding hydrogens is 368 g/mol. The molecule has 28 heavy (non-hydrogen) atoms. The molecule has 0 radical (unpaired) electrons. The Bertz CT molecular complexity index is 1190. The Morgan fingerprint density at radius 2 is 1.79 bits per heavy atom. The Labute approximate surface area is 169 Å². The zero-order valence-corrected chi connectivity index (χ0v) is 16.4. The summed E-state index contributed by atoms with van der Waals surface area (Å²) in [5.74, 6) is 0.605. The number of nitrogens with zero attached hydrogens (tertiary/aromatic N) is 2. The van der Waals surface area contributed by atoms with Crippen molar-refractivity contribution < 1.29 is 4.42 Å². The minimum absolute atomic E-state index is 0.605. The van der Waals surface area contributed by atoms with Gasteiger partial charge in [0.15, 0.2) is 5.58 Å². The van der Waals surface area contributed by atoms with Gasteiger partial charge in [0.2, 0.25) is 5.89 Å². The third kappa shape index (κ3) is 4.05. The zero-order valence-electron chi connectivity index (χ0n) is 15.7. The number of aliphatic imine (C=N–C) groups is 1. The van der Waals surface area contributed by atoms with E-state index in [0.717, 1.165) is 44.1 Å². The molecule has 4 heteroatoms. The van der Waals surface area contributed by atoms with Gasteiger partial charge in [-0.05, 0) is 73.0 Å². The summed E-state index contributed by atoms with van der Waals surface area (Å²) in [5.41, 5.74) is 6.78. The minimum Gasteiger partial charge on any atom is -0.436 e. The van der Waals surface area contributed by atoms with Crippen molar-refractivity contribution in [2.75, 3.05) is 0 Å². The molecule has 0 atom stereocenters. The predicted octanol–water partition coefficient (Wildman–Crippen LogP) is 7.18. The Morgan fingerprint density at radius 3 is 2.61 bits per heavy atom. The summed E-state index contributed by atoms with van der Waals surface area (Å²) in [6.45, 7) is 4.08. The Hall–Kier alpha value is -3.17. The number of oxazole rings is 1. The Balaban J connectivity index is 1.58. The van der Waals surface area contributed by atoms with Crippen molar-refractivity contribution in [2.45, 2.75) is 13.8 Å². The first-order valence-corrected chi connectivity index (χ1v) is 9.41. The van der Waals surface area contributed by atoms with E-state index in [9.17, 15) is 0 Å². The van der Waals surface area contributed by atoms with Gasteiger partial charge in [0.25, 0.3) is 0 Å². The second kappa shape index (κ2) is 7.83. The van der Waals surface area contributed by atoms with Crippen LogP contribution in [-0.4, -0.2) is 11.2 Å². The fraction of sp³-hybridized carbons (Fsp3) is 0.0833. The summed E-state index contributed by atoms with van der Waals surface area (Å²) in [7, 11) is 0. The molecule has 4 rings (SSSR count). The molecule has 138 valence electrons. The van der Waals surface area contributed by atoms with E-state index in [0.29, 0.717) is 5.89 Å². The van der Waals surface area contributed by atoms with E-state index in [1.165, 1.54) is 0 Å². The summed E-state index contributed by atoms with van der Waals surface area (Å²) in [5, 5.41) is 0.729. The van der Waals surface area contributed by atoms with Crippen LogP contribution in [0.25, 0.3) is 28.6 Å². The highest BCUT2D eigenvalue weighted by Gasteiger charge is 2.09. The van der Waals surface area contributed by atoms with Crippen molar-refractivity contribution >= 4 is 40.7 Å². The van der Waals surface area contributed by atoms with Crippen LogP contribution in [0, 0.1) is 13.8 Å². The smallest absolute Gasteiger partial charge is 0.227 e. The average Bonchev–Trinajstić information content (AvgIpc) is 3.11. The number of hydrogen-bond acceptors (Lipinski definition) is 3. The number of hydrogen-bond donors (Lipinski definition) is 0. The van der Waals surface area contributed by atoms with E-state index in [2.05, 4.69) is 9.98 Å². The summed E-state index contributed by atoms with van der Waals surface area (Å²) in [4.78, 5) is 9.20. The molecule has 0 aliphatic rings. The molecule has 0 saturated carbocycles. The maximum atomic E-state index is 5.91. The first-order chi connectivity index (χ1) is 13.6. The van der Waals surface area contributed by atoms with Gasteiger partial charge in [-0.1, -0.05) is 41.9 Å². The molecular formula is C24H19ClN2O. The second-order valence-electron chi connectivity index (χ2n) is 6.68. The van der Waals surface area contributed by atoms with E-state index in [4.69, 9.17) is 16.0 Å². The van der Waals surface area contributed by atoms with E-state index in [-0.39, 0.29) is 0 Å². The van der Waals surface area contributed by atoms with Crippen molar-refractivity contribution in [1.29, 1.82) is 0 Å². The fourth-order valence-electron chi connectivity index (χ4n) is 2.89. The van der Waals surface area contributed by atoms with Crippen LogP contribution in [0.1, 0.15) is 16.7 Å². The summed E-state index contributed by atoms with van der Waals surface area (Å²) in [6, 6.07) is 19.7.